The highest BCUT2D eigenvalue weighted by Crippen LogP contribution is 2.37. The number of aryl methyl sites for hydroxylation is 1. The topological polar surface area (TPSA) is 69.6 Å². The number of hydrogen-bond acceptors (Lipinski definition) is 4. The number of aliphatic carboxylic acids is 1. The van der Waals surface area contributed by atoms with Crippen LogP contribution in [0.4, 0.5) is 0 Å². The van der Waals surface area contributed by atoms with Crippen molar-refractivity contribution in [1.29, 1.82) is 0 Å². The van der Waals surface area contributed by atoms with Crippen molar-refractivity contribution < 1.29 is 14.7 Å². The number of rotatable bonds is 13. The highest BCUT2D eigenvalue weighted by Gasteiger charge is 2.34. The van der Waals surface area contributed by atoms with E-state index in [9.17, 15) is 14.7 Å². The van der Waals surface area contributed by atoms with Crippen LogP contribution in [0, 0.1) is 12.8 Å². The van der Waals surface area contributed by atoms with Crippen LogP contribution >= 0.6 is 11.8 Å². The van der Waals surface area contributed by atoms with E-state index in [-0.39, 0.29) is 5.91 Å². The van der Waals surface area contributed by atoms with Crippen molar-refractivity contribution in [3.05, 3.63) is 59.2 Å². The number of hydrogen-bond donors (Lipinski definition) is 2. The molecule has 5 nitrogen and oxygen atoms in total. The number of carboxylic acid groups (broad SMARTS) is 1. The molecule has 2 fully saturated rings. The van der Waals surface area contributed by atoms with Gasteiger partial charge in [-0.1, -0.05) is 75.8 Å². The van der Waals surface area contributed by atoms with Crippen LogP contribution in [-0.2, 0) is 11.3 Å². The summed E-state index contributed by atoms with van der Waals surface area (Å²) in [6.45, 7) is 5.26. The van der Waals surface area contributed by atoms with E-state index in [0.29, 0.717) is 29.8 Å². The first-order chi connectivity index (χ1) is 19.4. The number of thioether (sulfide) groups is 1. The normalized spacial score (nSPS) is 20.9. The molecule has 0 bridgehead atoms. The zero-order valence-corrected chi connectivity index (χ0v) is 25.5. The van der Waals surface area contributed by atoms with Gasteiger partial charge in [0.1, 0.15) is 6.04 Å². The Morgan fingerprint density at radius 1 is 1.02 bits per heavy atom. The lowest BCUT2D eigenvalue weighted by molar-refractivity contribution is -0.139. The number of carbonyl (C=O) groups is 2. The lowest BCUT2D eigenvalue weighted by Crippen LogP contribution is -2.41. The lowest BCUT2D eigenvalue weighted by atomic mass is 9.84. The molecule has 1 saturated carbocycles. The van der Waals surface area contributed by atoms with Crippen LogP contribution in [0.15, 0.2) is 42.5 Å². The van der Waals surface area contributed by atoms with Gasteiger partial charge in [-0.3, -0.25) is 9.69 Å². The van der Waals surface area contributed by atoms with Gasteiger partial charge < -0.3 is 10.4 Å². The number of carbonyl (C=O) groups excluding carboxylic acids is 1. The first kappa shape index (κ1) is 30.6. The Labute approximate surface area is 245 Å². The second-order valence-corrected chi connectivity index (χ2v) is 12.9. The maximum Gasteiger partial charge on any atom is 0.326 e. The molecule has 218 valence electrons. The zero-order valence-electron chi connectivity index (χ0n) is 24.7. The van der Waals surface area contributed by atoms with Crippen LogP contribution < -0.4 is 5.32 Å². The van der Waals surface area contributed by atoms with E-state index in [1.54, 1.807) is 11.8 Å². The van der Waals surface area contributed by atoms with Crippen molar-refractivity contribution in [3.8, 4) is 11.1 Å². The first-order valence-electron chi connectivity index (χ1n) is 15.4. The predicted octanol–water partition coefficient (Wildman–Crippen LogP) is 7.70. The molecule has 2 aliphatic rings. The fraction of sp³-hybridized carbons (Fsp3) is 0.588. The highest BCUT2D eigenvalue weighted by molar-refractivity contribution is 7.98. The summed E-state index contributed by atoms with van der Waals surface area (Å²) in [6.07, 6.45) is 15.6. The van der Waals surface area contributed by atoms with E-state index >= 15 is 0 Å². The average molecular weight is 565 g/mol. The maximum absolute atomic E-state index is 13.5. The standard InChI is InChI=1S/C34H48N2O3S/c1-4-10-27-16-17-28(21-25-12-6-5-7-13-25)36(27)23-26-15-18-30(31(22-26)29-14-9-8-11-24(29)2)33(37)35-32(34(38)39)19-20-40-3/h8-9,11,14-15,18,22,25,27-28,32H,4-7,10,12-13,16-17,19-21,23H2,1-3H3,(H,35,37)(H,38,39)/t27-,28?,32?/m0/s1. The second kappa shape index (κ2) is 15.1. The fourth-order valence-electron chi connectivity index (χ4n) is 6.90. The van der Waals surface area contributed by atoms with E-state index in [1.165, 1.54) is 69.8 Å². The van der Waals surface area contributed by atoms with Gasteiger partial charge in [0.2, 0.25) is 0 Å². The fourth-order valence-corrected chi connectivity index (χ4v) is 7.37. The van der Waals surface area contributed by atoms with Crippen LogP contribution in [0.3, 0.4) is 0 Å². The Kier molecular flexibility index (Phi) is 11.5. The number of benzene rings is 2. The minimum absolute atomic E-state index is 0.321. The summed E-state index contributed by atoms with van der Waals surface area (Å²) in [4.78, 5) is 28.1. The molecule has 0 spiro atoms. The van der Waals surface area contributed by atoms with Gasteiger partial charge in [-0.25, -0.2) is 4.79 Å². The molecule has 1 aliphatic carbocycles. The van der Waals surface area contributed by atoms with Crippen molar-refractivity contribution in [1.82, 2.24) is 10.2 Å². The predicted molar refractivity (Wildman–Crippen MR) is 167 cm³/mol. The van der Waals surface area contributed by atoms with Gasteiger partial charge >= 0.3 is 5.97 Å². The summed E-state index contributed by atoms with van der Waals surface area (Å²) in [7, 11) is 0. The first-order valence-corrected chi connectivity index (χ1v) is 16.8. The van der Waals surface area contributed by atoms with Crippen LogP contribution in [0.25, 0.3) is 11.1 Å². The van der Waals surface area contributed by atoms with E-state index in [2.05, 4.69) is 48.3 Å². The Balaban J connectivity index is 1.62. The summed E-state index contributed by atoms with van der Waals surface area (Å²) in [5, 5.41) is 12.5. The minimum atomic E-state index is -0.989. The SMILES string of the molecule is CCC[C@H]1CCC(CC2CCCCC2)N1Cc1ccc(C(=O)NC(CCSC)C(=O)O)c(-c2ccccc2C)c1. The molecular formula is C34H48N2O3S. The van der Waals surface area contributed by atoms with E-state index < -0.39 is 12.0 Å². The maximum atomic E-state index is 13.5. The molecule has 2 aromatic carbocycles. The molecule has 2 unspecified atom stereocenters. The number of nitrogens with zero attached hydrogens (tertiary/aromatic N) is 1. The number of amides is 1. The van der Waals surface area contributed by atoms with Gasteiger partial charge in [0, 0.05) is 24.2 Å². The van der Waals surface area contributed by atoms with E-state index in [4.69, 9.17) is 0 Å². The van der Waals surface area contributed by atoms with Gasteiger partial charge in [0.05, 0.1) is 0 Å². The van der Waals surface area contributed by atoms with Crippen molar-refractivity contribution in [2.45, 2.75) is 109 Å². The Morgan fingerprint density at radius 2 is 1.77 bits per heavy atom. The smallest absolute Gasteiger partial charge is 0.326 e. The van der Waals surface area contributed by atoms with Crippen LogP contribution in [0.1, 0.15) is 99.0 Å². The third kappa shape index (κ3) is 7.91. The number of likely N-dealkylation sites (tertiary alicyclic amines) is 1. The molecule has 1 heterocycles. The van der Waals surface area contributed by atoms with E-state index in [1.807, 2.05) is 24.5 Å². The van der Waals surface area contributed by atoms with Gasteiger partial charge in [-0.05, 0) is 91.3 Å². The highest BCUT2D eigenvalue weighted by atomic mass is 32.2. The molecule has 0 aromatic heterocycles. The van der Waals surface area contributed by atoms with Crippen molar-refractivity contribution >= 4 is 23.6 Å². The molecule has 1 saturated heterocycles. The second-order valence-electron chi connectivity index (χ2n) is 11.9. The monoisotopic (exact) mass is 564 g/mol. The lowest BCUT2D eigenvalue weighted by Gasteiger charge is -2.34. The molecule has 0 radical (unpaired) electrons. The number of carboxylic acids is 1. The van der Waals surface area contributed by atoms with Gasteiger partial charge in [-0.15, -0.1) is 0 Å². The van der Waals surface area contributed by atoms with E-state index in [0.717, 1.165) is 29.2 Å². The number of nitrogens with one attached hydrogen (secondary N) is 1. The largest absolute Gasteiger partial charge is 0.480 e. The molecule has 2 aromatic rings. The molecule has 1 amide bonds. The third-order valence-corrected chi connectivity index (χ3v) is 9.71. The molecule has 40 heavy (non-hydrogen) atoms. The molecular weight excluding hydrogens is 516 g/mol. The van der Waals surface area contributed by atoms with Gasteiger partial charge in [0.25, 0.3) is 5.91 Å². The Hall–Kier alpha value is -2.31. The van der Waals surface area contributed by atoms with Crippen molar-refractivity contribution in [2.24, 2.45) is 5.92 Å². The summed E-state index contributed by atoms with van der Waals surface area (Å²) in [6, 6.07) is 14.7. The average Bonchev–Trinajstić information content (AvgIpc) is 3.32. The summed E-state index contributed by atoms with van der Waals surface area (Å²) in [5.41, 5.74) is 4.78. The summed E-state index contributed by atoms with van der Waals surface area (Å²) < 4.78 is 0. The summed E-state index contributed by atoms with van der Waals surface area (Å²) in [5.74, 6) is 0.232. The Morgan fingerprint density at radius 3 is 2.48 bits per heavy atom. The molecule has 4 rings (SSSR count). The van der Waals surface area contributed by atoms with Crippen molar-refractivity contribution in [3.63, 3.8) is 0 Å². The molecule has 1 aliphatic heterocycles. The molecule has 2 N–H and O–H groups in total. The van der Waals surface area contributed by atoms with Crippen LogP contribution in [-0.4, -0.2) is 52.0 Å². The quantitative estimate of drug-likeness (QED) is 0.261. The summed E-state index contributed by atoms with van der Waals surface area (Å²) >= 11 is 1.58. The van der Waals surface area contributed by atoms with Gasteiger partial charge in [-0.2, -0.15) is 11.8 Å². The van der Waals surface area contributed by atoms with Crippen LogP contribution in [0.5, 0.6) is 0 Å². The molecule has 6 heteroatoms. The molecule has 3 atom stereocenters. The van der Waals surface area contributed by atoms with Crippen molar-refractivity contribution in [2.75, 3.05) is 12.0 Å². The van der Waals surface area contributed by atoms with Gasteiger partial charge in [0.15, 0.2) is 0 Å². The minimum Gasteiger partial charge on any atom is -0.480 e. The Bertz CT molecular complexity index is 1130. The van der Waals surface area contributed by atoms with Crippen LogP contribution in [0.2, 0.25) is 0 Å². The zero-order chi connectivity index (χ0) is 28.5. The third-order valence-electron chi connectivity index (χ3n) is 9.07.